The fourth-order valence-electron chi connectivity index (χ4n) is 1.91. The highest BCUT2D eigenvalue weighted by molar-refractivity contribution is 6.01. The van der Waals surface area contributed by atoms with Crippen LogP contribution in [-0.2, 0) is 25.7 Å². The lowest BCUT2D eigenvalue weighted by Gasteiger charge is -2.17. The van der Waals surface area contributed by atoms with Crippen LogP contribution in [0.1, 0.15) is 32.3 Å². The van der Waals surface area contributed by atoms with Crippen molar-refractivity contribution in [2.75, 3.05) is 0 Å². The van der Waals surface area contributed by atoms with E-state index in [0.717, 1.165) is 5.56 Å². The molecule has 25 heavy (non-hydrogen) atoms. The van der Waals surface area contributed by atoms with Gasteiger partial charge in [-0.15, -0.1) is 0 Å². The highest BCUT2D eigenvalue weighted by atomic mass is 16.5. The van der Waals surface area contributed by atoms with E-state index in [1.807, 2.05) is 30.3 Å². The third-order valence-corrected chi connectivity index (χ3v) is 3.28. The molecule has 0 saturated carbocycles. The standard InChI is InChI=1S/C13H17NO4.C4H5NO2/c1-9(2)11(12(15)16)14-13(17)18-8-10-6-4-3-5-7-10;6-3-1-2-4(7)5-3/h3-7,9,11H,8H2,1-2H3,(H,14,17)(H,15,16);1-2H2,(H,5,6,7). The molecule has 1 atom stereocenters. The van der Waals surface area contributed by atoms with Crippen molar-refractivity contribution in [2.45, 2.75) is 39.3 Å². The summed E-state index contributed by atoms with van der Waals surface area (Å²) in [4.78, 5) is 42.6. The molecular formula is C17H22N2O6. The Bertz CT molecular complexity index is 601. The molecule has 0 bridgehead atoms. The van der Waals surface area contributed by atoms with Crippen molar-refractivity contribution in [1.82, 2.24) is 10.6 Å². The molecule has 1 aromatic rings. The molecule has 1 heterocycles. The zero-order chi connectivity index (χ0) is 18.8. The monoisotopic (exact) mass is 350 g/mol. The SMILES string of the molecule is CC(C)C(NC(=O)OCc1ccccc1)C(=O)O.O=C1CCC(=O)N1. The normalized spacial score (nSPS) is 14.2. The number of amides is 3. The maximum Gasteiger partial charge on any atom is 0.408 e. The third kappa shape index (κ3) is 7.96. The first-order chi connectivity index (χ1) is 11.8. The molecule has 0 aromatic heterocycles. The van der Waals surface area contributed by atoms with Gasteiger partial charge in [-0.2, -0.15) is 0 Å². The number of carboxylic acids is 1. The number of carboxylic acid groups (broad SMARTS) is 1. The summed E-state index contributed by atoms with van der Waals surface area (Å²) in [5.74, 6) is -1.57. The van der Waals surface area contributed by atoms with Crippen LogP contribution in [-0.4, -0.2) is 35.0 Å². The van der Waals surface area contributed by atoms with Crippen molar-refractivity contribution in [1.29, 1.82) is 0 Å². The second-order valence-electron chi connectivity index (χ2n) is 5.74. The topological polar surface area (TPSA) is 122 Å². The second kappa shape index (κ2) is 10.1. The molecule has 2 rings (SSSR count). The Morgan fingerprint density at radius 1 is 1.16 bits per heavy atom. The predicted molar refractivity (Wildman–Crippen MR) is 88.4 cm³/mol. The molecule has 3 amide bonds. The number of aliphatic carboxylic acids is 1. The first kappa shape index (κ1) is 20.1. The summed E-state index contributed by atoms with van der Waals surface area (Å²) >= 11 is 0. The smallest absolute Gasteiger partial charge is 0.408 e. The van der Waals surface area contributed by atoms with Crippen LogP contribution in [0.3, 0.4) is 0 Å². The lowest BCUT2D eigenvalue weighted by atomic mass is 10.1. The van der Waals surface area contributed by atoms with E-state index in [9.17, 15) is 19.2 Å². The number of ether oxygens (including phenoxy) is 1. The van der Waals surface area contributed by atoms with Crippen LogP contribution >= 0.6 is 0 Å². The van der Waals surface area contributed by atoms with Crippen molar-refractivity contribution >= 4 is 23.9 Å². The number of hydrogen-bond donors (Lipinski definition) is 3. The Labute approximate surface area is 145 Å². The van der Waals surface area contributed by atoms with Crippen molar-refractivity contribution in [3.05, 3.63) is 35.9 Å². The number of alkyl carbamates (subject to hydrolysis) is 1. The number of carbonyl (C=O) groups is 4. The number of carbonyl (C=O) groups excluding carboxylic acids is 3. The minimum absolute atomic E-state index is 0.122. The largest absolute Gasteiger partial charge is 0.480 e. The molecule has 0 radical (unpaired) electrons. The number of nitrogens with one attached hydrogen (secondary N) is 2. The van der Waals surface area contributed by atoms with Crippen LogP contribution in [0.5, 0.6) is 0 Å². The minimum Gasteiger partial charge on any atom is -0.480 e. The van der Waals surface area contributed by atoms with Gasteiger partial charge in [0, 0.05) is 12.8 Å². The molecule has 8 heteroatoms. The fraction of sp³-hybridized carbons (Fsp3) is 0.412. The summed E-state index contributed by atoms with van der Waals surface area (Å²) in [7, 11) is 0. The second-order valence-corrected chi connectivity index (χ2v) is 5.74. The quantitative estimate of drug-likeness (QED) is 0.691. The Balaban J connectivity index is 0.000000370. The van der Waals surface area contributed by atoms with Crippen LogP contribution in [0, 0.1) is 5.92 Å². The Morgan fingerprint density at radius 2 is 1.72 bits per heavy atom. The van der Waals surface area contributed by atoms with Crippen LogP contribution < -0.4 is 10.6 Å². The Morgan fingerprint density at radius 3 is 2.12 bits per heavy atom. The summed E-state index contributed by atoms with van der Waals surface area (Å²) in [6.07, 6.45) is 0.0254. The average molecular weight is 350 g/mol. The van der Waals surface area contributed by atoms with Crippen molar-refractivity contribution in [2.24, 2.45) is 5.92 Å². The van der Waals surface area contributed by atoms with Gasteiger partial charge in [0.25, 0.3) is 0 Å². The predicted octanol–water partition coefficient (Wildman–Crippen LogP) is 1.44. The molecule has 136 valence electrons. The van der Waals surface area contributed by atoms with Crippen LogP contribution in [0.4, 0.5) is 4.79 Å². The minimum atomic E-state index is -1.07. The molecule has 8 nitrogen and oxygen atoms in total. The number of imide groups is 1. The van der Waals surface area contributed by atoms with Gasteiger partial charge in [-0.25, -0.2) is 9.59 Å². The molecule has 1 fully saturated rings. The zero-order valence-electron chi connectivity index (χ0n) is 14.2. The van der Waals surface area contributed by atoms with Crippen molar-refractivity contribution in [3.8, 4) is 0 Å². The molecule has 1 aliphatic heterocycles. The van der Waals surface area contributed by atoms with Gasteiger partial charge in [0.05, 0.1) is 0 Å². The van der Waals surface area contributed by atoms with Crippen LogP contribution in [0.15, 0.2) is 30.3 Å². The van der Waals surface area contributed by atoms with Crippen molar-refractivity contribution < 1.29 is 29.0 Å². The van der Waals surface area contributed by atoms with Crippen LogP contribution in [0.25, 0.3) is 0 Å². The lowest BCUT2D eigenvalue weighted by Crippen LogP contribution is -2.44. The van der Waals surface area contributed by atoms with E-state index < -0.39 is 18.1 Å². The Hall–Kier alpha value is -2.90. The molecule has 1 aliphatic rings. The van der Waals surface area contributed by atoms with Crippen LogP contribution in [0.2, 0.25) is 0 Å². The van der Waals surface area contributed by atoms with E-state index in [4.69, 9.17) is 9.84 Å². The highest BCUT2D eigenvalue weighted by Crippen LogP contribution is 2.04. The van der Waals surface area contributed by atoms with Gasteiger partial charge in [-0.1, -0.05) is 44.2 Å². The number of benzene rings is 1. The maximum absolute atomic E-state index is 11.4. The van der Waals surface area contributed by atoms with Gasteiger partial charge < -0.3 is 15.2 Å². The Kier molecular flexibility index (Phi) is 8.11. The summed E-state index contributed by atoms with van der Waals surface area (Å²) < 4.78 is 4.95. The third-order valence-electron chi connectivity index (χ3n) is 3.28. The number of hydrogen-bond acceptors (Lipinski definition) is 5. The molecule has 0 aliphatic carbocycles. The zero-order valence-corrected chi connectivity index (χ0v) is 14.2. The van der Waals surface area contributed by atoms with Gasteiger partial charge in [-0.3, -0.25) is 14.9 Å². The summed E-state index contributed by atoms with van der Waals surface area (Å²) in [5, 5.41) is 13.4. The van der Waals surface area contributed by atoms with E-state index >= 15 is 0 Å². The first-order valence-electron chi connectivity index (χ1n) is 7.82. The van der Waals surface area contributed by atoms with E-state index in [2.05, 4.69) is 10.6 Å². The summed E-state index contributed by atoms with van der Waals surface area (Å²) in [6.45, 7) is 3.56. The van der Waals surface area contributed by atoms with E-state index in [1.54, 1.807) is 13.8 Å². The molecule has 1 aromatic carbocycles. The van der Waals surface area contributed by atoms with Gasteiger partial charge in [0.1, 0.15) is 12.6 Å². The van der Waals surface area contributed by atoms with Gasteiger partial charge in [0.2, 0.25) is 11.8 Å². The van der Waals surface area contributed by atoms with E-state index in [1.165, 1.54) is 0 Å². The highest BCUT2D eigenvalue weighted by Gasteiger charge is 2.23. The maximum atomic E-state index is 11.4. The number of rotatable bonds is 5. The van der Waals surface area contributed by atoms with Gasteiger partial charge in [-0.05, 0) is 11.5 Å². The summed E-state index contributed by atoms with van der Waals surface area (Å²) in [6, 6.07) is 8.25. The average Bonchev–Trinajstić information content (AvgIpc) is 2.94. The van der Waals surface area contributed by atoms with Gasteiger partial charge in [0.15, 0.2) is 0 Å². The molecule has 0 spiro atoms. The van der Waals surface area contributed by atoms with E-state index in [-0.39, 0.29) is 24.3 Å². The molecular weight excluding hydrogens is 328 g/mol. The fourth-order valence-corrected chi connectivity index (χ4v) is 1.91. The molecule has 1 saturated heterocycles. The molecule has 1 unspecified atom stereocenters. The lowest BCUT2D eigenvalue weighted by molar-refractivity contribution is -0.140. The van der Waals surface area contributed by atoms with E-state index in [0.29, 0.717) is 12.8 Å². The molecule has 3 N–H and O–H groups in total. The van der Waals surface area contributed by atoms with Crippen molar-refractivity contribution in [3.63, 3.8) is 0 Å². The first-order valence-corrected chi connectivity index (χ1v) is 7.82. The van der Waals surface area contributed by atoms with Gasteiger partial charge >= 0.3 is 12.1 Å². The summed E-state index contributed by atoms with van der Waals surface area (Å²) in [5.41, 5.74) is 0.851.